The van der Waals surface area contributed by atoms with Crippen LogP contribution < -0.4 is 0 Å². The van der Waals surface area contributed by atoms with Crippen molar-refractivity contribution < 1.29 is 5.11 Å². The largest absolute Gasteiger partial charge is 0.388 e. The van der Waals surface area contributed by atoms with Gasteiger partial charge in [0.15, 0.2) is 0 Å². The van der Waals surface area contributed by atoms with Crippen molar-refractivity contribution in [2.24, 2.45) is 0 Å². The predicted octanol–water partition coefficient (Wildman–Crippen LogP) is 2.79. The lowest BCUT2D eigenvalue weighted by Gasteiger charge is -2.08. The Morgan fingerprint density at radius 3 is 2.92 bits per heavy atom. The van der Waals surface area contributed by atoms with Crippen molar-refractivity contribution in [1.82, 2.24) is 0 Å². The molecule has 0 aliphatic carbocycles. The quantitative estimate of drug-likeness (QED) is 0.734. The molecule has 13 heavy (non-hydrogen) atoms. The Kier molecular flexibility index (Phi) is 3.82. The molecule has 1 aromatic rings. The SMILES string of the molecule is C#CCCC(O)c1cccc(Cl)c1. The van der Waals surface area contributed by atoms with Crippen molar-refractivity contribution >= 4 is 11.6 Å². The summed E-state index contributed by atoms with van der Waals surface area (Å²) in [7, 11) is 0. The maximum atomic E-state index is 9.62. The molecule has 1 unspecified atom stereocenters. The molecule has 0 heterocycles. The molecule has 0 fully saturated rings. The van der Waals surface area contributed by atoms with Crippen molar-refractivity contribution in [2.75, 3.05) is 0 Å². The fourth-order valence-corrected chi connectivity index (χ4v) is 1.30. The number of halogens is 1. The smallest absolute Gasteiger partial charge is 0.0799 e. The van der Waals surface area contributed by atoms with Gasteiger partial charge >= 0.3 is 0 Å². The van der Waals surface area contributed by atoms with Gasteiger partial charge in [0.25, 0.3) is 0 Å². The molecule has 1 atom stereocenters. The van der Waals surface area contributed by atoms with E-state index in [1.165, 1.54) is 0 Å². The molecule has 0 aliphatic heterocycles. The molecule has 1 aromatic carbocycles. The van der Waals surface area contributed by atoms with E-state index in [1.54, 1.807) is 12.1 Å². The zero-order valence-electron chi connectivity index (χ0n) is 7.20. The first-order valence-electron chi connectivity index (χ1n) is 4.11. The fraction of sp³-hybridized carbons (Fsp3) is 0.273. The van der Waals surface area contributed by atoms with Gasteiger partial charge in [0.1, 0.15) is 0 Å². The highest BCUT2D eigenvalue weighted by atomic mass is 35.5. The van der Waals surface area contributed by atoms with Crippen LogP contribution in [0.4, 0.5) is 0 Å². The van der Waals surface area contributed by atoms with Crippen molar-refractivity contribution in [1.29, 1.82) is 0 Å². The molecular formula is C11H11ClO. The number of hydrogen-bond donors (Lipinski definition) is 1. The highest BCUT2D eigenvalue weighted by Crippen LogP contribution is 2.20. The van der Waals surface area contributed by atoms with Gasteiger partial charge in [-0.1, -0.05) is 23.7 Å². The van der Waals surface area contributed by atoms with E-state index in [2.05, 4.69) is 5.92 Å². The number of aliphatic hydroxyl groups is 1. The van der Waals surface area contributed by atoms with E-state index < -0.39 is 6.10 Å². The number of hydrogen-bond acceptors (Lipinski definition) is 1. The summed E-state index contributed by atoms with van der Waals surface area (Å²) in [5.41, 5.74) is 0.822. The summed E-state index contributed by atoms with van der Waals surface area (Å²) < 4.78 is 0. The standard InChI is InChI=1S/C11H11ClO/c1-2-3-7-11(13)9-5-4-6-10(12)8-9/h1,4-6,8,11,13H,3,7H2. The van der Waals surface area contributed by atoms with Crippen LogP contribution in [0.2, 0.25) is 5.02 Å². The molecule has 2 heteroatoms. The Bertz CT molecular complexity index is 314. The molecule has 0 saturated heterocycles. The molecule has 0 amide bonds. The number of aliphatic hydroxyl groups excluding tert-OH is 1. The summed E-state index contributed by atoms with van der Waals surface area (Å²) in [6.07, 6.45) is 5.75. The van der Waals surface area contributed by atoms with Crippen molar-refractivity contribution in [3.8, 4) is 12.3 Å². The molecule has 1 N–H and O–H groups in total. The van der Waals surface area contributed by atoms with Crippen LogP contribution in [0.1, 0.15) is 24.5 Å². The highest BCUT2D eigenvalue weighted by molar-refractivity contribution is 6.30. The van der Waals surface area contributed by atoms with E-state index in [-0.39, 0.29) is 0 Å². The Morgan fingerprint density at radius 2 is 2.31 bits per heavy atom. The summed E-state index contributed by atoms with van der Waals surface area (Å²) in [5.74, 6) is 2.49. The van der Waals surface area contributed by atoms with Crippen LogP contribution >= 0.6 is 11.6 Å². The van der Waals surface area contributed by atoms with Crippen LogP contribution in [-0.4, -0.2) is 5.11 Å². The third kappa shape index (κ3) is 3.10. The van der Waals surface area contributed by atoms with E-state index in [0.29, 0.717) is 17.9 Å². The summed E-state index contributed by atoms with van der Waals surface area (Å²) in [6, 6.07) is 7.19. The molecule has 0 bridgehead atoms. The molecule has 0 saturated carbocycles. The summed E-state index contributed by atoms with van der Waals surface area (Å²) >= 11 is 5.77. The minimum Gasteiger partial charge on any atom is -0.388 e. The second-order valence-corrected chi connectivity index (χ2v) is 3.25. The van der Waals surface area contributed by atoms with Gasteiger partial charge in [-0.2, -0.15) is 0 Å². The zero-order chi connectivity index (χ0) is 9.68. The zero-order valence-corrected chi connectivity index (χ0v) is 7.96. The molecule has 68 valence electrons. The lowest BCUT2D eigenvalue weighted by atomic mass is 10.1. The first-order chi connectivity index (χ1) is 6.24. The van der Waals surface area contributed by atoms with Crippen molar-refractivity contribution in [2.45, 2.75) is 18.9 Å². The van der Waals surface area contributed by atoms with Gasteiger partial charge in [0.2, 0.25) is 0 Å². The van der Waals surface area contributed by atoms with Gasteiger partial charge in [0, 0.05) is 11.4 Å². The van der Waals surface area contributed by atoms with E-state index >= 15 is 0 Å². The van der Waals surface area contributed by atoms with Crippen molar-refractivity contribution in [3.63, 3.8) is 0 Å². The minimum absolute atomic E-state index is 0.505. The van der Waals surface area contributed by atoms with Gasteiger partial charge in [-0.3, -0.25) is 0 Å². The summed E-state index contributed by atoms with van der Waals surface area (Å²) in [4.78, 5) is 0. The van der Waals surface area contributed by atoms with Crippen molar-refractivity contribution in [3.05, 3.63) is 34.9 Å². The second-order valence-electron chi connectivity index (χ2n) is 2.81. The third-order valence-electron chi connectivity index (χ3n) is 1.80. The Balaban J connectivity index is 2.66. The number of benzene rings is 1. The second kappa shape index (κ2) is 4.91. The highest BCUT2D eigenvalue weighted by Gasteiger charge is 2.05. The van der Waals surface area contributed by atoms with Crippen LogP contribution in [0.25, 0.3) is 0 Å². The maximum Gasteiger partial charge on any atom is 0.0799 e. The molecule has 0 aromatic heterocycles. The number of terminal acetylenes is 1. The monoisotopic (exact) mass is 194 g/mol. The topological polar surface area (TPSA) is 20.2 Å². The Labute approximate surface area is 83.4 Å². The first-order valence-corrected chi connectivity index (χ1v) is 4.49. The Hall–Kier alpha value is -0.970. The minimum atomic E-state index is -0.505. The van der Waals surface area contributed by atoms with Gasteiger partial charge < -0.3 is 5.11 Å². The maximum absolute atomic E-state index is 9.62. The van der Waals surface area contributed by atoms with Crippen LogP contribution in [0.15, 0.2) is 24.3 Å². The molecule has 0 aliphatic rings. The van der Waals surface area contributed by atoms with E-state index in [4.69, 9.17) is 18.0 Å². The first kappa shape index (κ1) is 10.1. The average molecular weight is 195 g/mol. The molecule has 1 nitrogen and oxygen atoms in total. The molecule has 0 spiro atoms. The van der Waals surface area contributed by atoms with Crippen LogP contribution in [0, 0.1) is 12.3 Å². The lowest BCUT2D eigenvalue weighted by Crippen LogP contribution is -1.96. The Morgan fingerprint density at radius 1 is 1.54 bits per heavy atom. The fourth-order valence-electron chi connectivity index (χ4n) is 1.10. The third-order valence-corrected chi connectivity index (χ3v) is 2.03. The van der Waals surface area contributed by atoms with Gasteiger partial charge in [-0.25, -0.2) is 0 Å². The van der Waals surface area contributed by atoms with Crippen LogP contribution in [0.5, 0.6) is 0 Å². The predicted molar refractivity (Wildman–Crippen MR) is 54.5 cm³/mol. The van der Waals surface area contributed by atoms with Gasteiger partial charge in [-0.15, -0.1) is 12.3 Å². The lowest BCUT2D eigenvalue weighted by molar-refractivity contribution is 0.169. The molecule has 0 radical (unpaired) electrons. The van der Waals surface area contributed by atoms with Gasteiger partial charge in [0.05, 0.1) is 6.10 Å². The average Bonchev–Trinajstić information content (AvgIpc) is 2.14. The van der Waals surface area contributed by atoms with E-state index in [9.17, 15) is 5.11 Å². The number of rotatable bonds is 3. The van der Waals surface area contributed by atoms with Crippen LogP contribution in [-0.2, 0) is 0 Å². The van der Waals surface area contributed by atoms with Crippen LogP contribution in [0.3, 0.4) is 0 Å². The summed E-state index contributed by atoms with van der Waals surface area (Å²) in [5, 5.41) is 10.3. The van der Waals surface area contributed by atoms with E-state index in [0.717, 1.165) is 5.56 Å². The van der Waals surface area contributed by atoms with Gasteiger partial charge in [-0.05, 0) is 24.1 Å². The normalized spacial score (nSPS) is 12.1. The molecular weight excluding hydrogens is 184 g/mol. The summed E-state index contributed by atoms with van der Waals surface area (Å²) in [6.45, 7) is 0. The van der Waals surface area contributed by atoms with E-state index in [1.807, 2.05) is 12.1 Å². The molecule has 1 rings (SSSR count).